The van der Waals surface area contributed by atoms with Crippen molar-refractivity contribution in [3.05, 3.63) is 0 Å². The van der Waals surface area contributed by atoms with Crippen molar-refractivity contribution in [1.82, 2.24) is 0 Å². The fraction of sp³-hybridized carbons (Fsp3) is 0.931. The number of hydrogen-bond acceptors (Lipinski definition) is 4. The summed E-state index contributed by atoms with van der Waals surface area (Å²) in [4.78, 5) is 24.8. The van der Waals surface area contributed by atoms with Gasteiger partial charge in [0, 0.05) is 6.42 Å². The first-order valence-corrected chi connectivity index (χ1v) is 14.4. The number of ether oxygens (including phenoxy) is 2. The molecule has 0 heterocycles. The standard InChI is InChI=1S/C29H56O4/c1-6-11-15-16-17-22-28(30)32-24-33-29(31)27(18-10-5)23-26(21-14-9-4)25(19-12-7-2)20-13-8-3/h25-27H,6-24H2,1-5H3. The number of unbranched alkanes of at least 4 members (excludes halogenated alkanes) is 7. The Labute approximate surface area is 206 Å². The van der Waals surface area contributed by atoms with Gasteiger partial charge in [0.15, 0.2) is 0 Å². The first-order valence-electron chi connectivity index (χ1n) is 14.4. The van der Waals surface area contributed by atoms with Crippen molar-refractivity contribution in [2.24, 2.45) is 17.8 Å². The van der Waals surface area contributed by atoms with Crippen LogP contribution in [-0.2, 0) is 19.1 Å². The number of esters is 2. The van der Waals surface area contributed by atoms with Crippen LogP contribution < -0.4 is 0 Å². The molecule has 0 aromatic rings. The van der Waals surface area contributed by atoms with Crippen molar-refractivity contribution < 1.29 is 19.1 Å². The second-order valence-electron chi connectivity index (χ2n) is 9.93. The lowest BCUT2D eigenvalue weighted by Crippen LogP contribution is -2.26. The Balaban J connectivity index is 4.78. The molecule has 4 heteroatoms. The number of hydrogen-bond donors (Lipinski definition) is 0. The predicted molar refractivity (Wildman–Crippen MR) is 139 cm³/mol. The minimum atomic E-state index is -0.258. The lowest BCUT2D eigenvalue weighted by atomic mass is 9.76. The van der Waals surface area contributed by atoms with E-state index in [-0.39, 0.29) is 24.6 Å². The van der Waals surface area contributed by atoms with Gasteiger partial charge in [0.25, 0.3) is 0 Å². The summed E-state index contributed by atoms with van der Waals surface area (Å²) in [6.45, 7) is 10.9. The van der Waals surface area contributed by atoms with Gasteiger partial charge in [-0.3, -0.25) is 9.59 Å². The highest BCUT2D eigenvalue weighted by molar-refractivity contribution is 5.73. The second kappa shape index (κ2) is 22.7. The number of carbonyl (C=O) groups excluding carboxylic acids is 2. The molecule has 0 aromatic carbocycles. The third kappa shape index (κ3) is 17.1. The summed E-state index contributed by atoms with van der Waals surface area (Å²) < 4.78 is 10.6. The van der Waals surface area contributed by atoms with Gasteiger partial charge in [0.2, 0.25) is 6.79 Å². The van der Waals surface area contributed by atoms with Crippen LogP contribution in [-0.4, -0.2) is 18.7 Å². The summed E-state index contributed by atoms with van der Waals surface area (Å²) in [5, 5.41) is 0. The van der Waals surface area contributed by atoms with E-state index in [9.17, 15) is 9.59 Å². The molecule has 33 heavy (non-hydrogen) atoms. The molecular formula is C29H56O4. The van der Waals surface area contributed by atoms with Crippen LogP contribution in [0.4, 0.5) is 0 Å². The number of rotatable bonds is 23. The lowest BCUT2D eigenvalue weighted by Gasteiger charge is -2.30. The Kier molecular flexibility index (Phi) is 22.0. The second-order valence-corrected chi connectivity index (χ2v) is 9.93. The molecule has 0 bridgehead atoms. The van der Waals surface area contributed by atoms with E-state index in [1.54, 1.807) is 0 Å². The molecule has 0 aliphatic carbocycles. The van der Waals surface area contributed by atoms with Crippen molar-refractivity contribution in [2.75, 3.05) is 6.79 Å². The van der Waals surface area contributed by atoms with Gasteiger partial charge in [0.1, 0.15) is 0 Å². The fourth-order valence-electron chi connectivity index (χ4n) is 4.82. The first-order chi connectivity index (χ1) is 16.0. The molecule has 0 spiro atoms. The Bertz CT molecular complexity index is 455. The summed E-state index contributed by atoms with van der Waals surface area (Å²) in [5.74, 6) is 0.757. The van der Waals surface area contributed by atoms with E-state index in [1.165, 1.54) is 70.6 Å². The predicted octanol–water partition coefficient (Wildman–Crippen LogP) is 9.00. The molecule has 2 atom stereocenters. The third-order valence-corrected chi connectivity index (χ3v) is 6.92. The Hall–Kier alpha value is -1.06. The van der Waals surface area contributed by atoms with Crippen LogP contribution in [0, 0.1) is 17.8 Å². The molecule has 0 fully saturated rings. The summed E-state index contributed by atoms with van der Waals surface area (Å²) in [7, 11) is 0. The maximum Gasteiger partial charge on any atom is 0.311 e. The van der Waals surface area contributed by atoms with Gasteiger partial charge in [-0.05, 0) is 31.1 Å². The fourth-order valence-corrected chi connectivity index (χ4v) is 4.82. The molecule has 0 rings (SSSR count). The summed E-state index contributed by atoms with van der Waals surface area (Å²) >= 11 is 0. The molecule has 0 radical (unpaired) electrons. The molecule has 196 valence electrons. The van der Waals surface area contributed by atoms with Gasteiger partial charge in [-0.15, -0.1) is 0 Å². The molecule has 4 nitrogen and oxygen atoms in total. The van der Waals surface area contributed by atoms with E-state index in [0.717, 1.165) is 38.5 Å². The van der Waals surface area contributed by atoms with Crippen LogP contribution in [0.1, 0.15) is 150 Å². The summed E-state index contributed by atoms with van der Waals surface area (Å²) in [6, 6.07) is 0. The van der Waals surface area contributed by atoms with Crippen molar-refractivity contribution in [3.63, 3.8) is 0 Å². The van der Waals surface area contributed by atoms with E-state index in [2.05, 4.69) is 34.6 Å². The monoisotopic (exact) mass is 468 g/mol. The smallest absolute Gasteiger partial charge is 0.311 e. The molecule has 0 saturated carbocycles. The van der Waals surface area contributed by atoms with Crippen LogP contribution in [0.25, 0.3) is 0 Å². The van der Waals surface area contributed by atoms with Crippen LogP contribution in [0.5, 0.6) is 0 Å². The van der Waals surface area contributed by atoms with Gasteiger partial charge >= 0.3 is 11.9 Å². The highest BCUT2D eigenvalue weighted by Crippen LogP contribution is 2.34. The average Bonchev–Trinajstić information content (AvgIpc) is 2.81. The van der Waals surface area contributed by atoms with Crippen LogP contribution in [0.2, 0.25) is 0 Å². The zero-order valence-electron chi connectivity index (χ0n) is 22.8. The maximum atomic E-state index is 12.9. The van der Waals surface area contributed by atoms with Crippen molar-refractivity contribution >= 4 is 11.9 Å². The summed E-state index contributed by atoms with van der Waals surface area (Å²) in [6.07, 6.45) is 19.8. The molecule has 2 unspecified atom stereocenters. The minimum Gasteiger partial charge on any atom is -0.428 e. The van der Waals surface area contributed by atoms with E-state index in [1.807, 2.05) is 0 Å². The van der Waals surface area contributed by atoms with E-state index in [4.69, 9.17) is 9.47 Å². The van der Waals surface area contributed by atoms with Crippen molar-refractivity contribution in [2.45, 2.75) is 150 Å². The molecule has 0 saturated heterocycles. The van der Waals surface area contributed by atoms with Crippen LogP contribution in [0.15, 0.2) is 0 Å². The molecule has 0 aromatic heterocycles. The summed E-state index contributed by atoms with van der Waals surface area (Å²) in [5.41, 5.74) is 0. The van der Waals surface area contributed by atoms with E-state index in [0.29, 0.717) is 18.3 Å². The highest BCUT2D eigenvalue weighted by atomic mass is 16.7. The molecule has 0 aliphatic rings. The quantitative estimate of drug-likeness (QED) is 0.0852. The van der Waals surface area contributed by atoms with E-state index >= 15 is 0 Å². The van der Waals surface area contributed by atoms with Crippen molar-refractivity contribution in [3.8, 4) is 0 Å². The number of carbonyl (C=O) groups is 2. The zero-order chi connectivity index (χ0) is 24.7. The Morgan fingerprint density at radius 3 is 1.67 bits per heavy atom. The normalized spacial score (nSPS) is 13.2. The molecule has 0 N–H and O–H groups in total. The third-order valence-electron chi connectivity index (χ3n) is 6.92. The van der Waals surface area contributed by atoms with Crippen molar-refractivity contribution in [1.29, 1.82) is 0 Å². The van der Waals surface area contributed by atoms with Gasteiger partial charge in [0.05, 0.1) is 5.92 Å². The van der Waals surface area contributed by atoms with Gasteiger partial charge in [-0.25, -0.2) is 0 Å². The van der Waals surface area contributed by atoms with Crippen LogP contribution in [0.3, 0.4) is 0 Å². The first kappa shape index (κ1) is 31.9. The molecule has 0 aliphatic heterocycles. The van der Waals surface area contributed by atoms with E-state index < -0.39 is 0 Å². The Morgan fingerprint density at radius 2 is 1.12 bits per heavy atom. The van der Waals surface area contributed by atoms with Gasteiger partial charge in [-0.1, -0.05) is 125 Å². The lowest BCUT2D eigenvalue weighted by molar-refractivity contribution is -0.171. The zero-order valence-corrected chi connectivity index (χ0v) is 22.8. The Morgan fingerprint density at radius 1 is 0.576 bits per heavy atom. The average molecular weight is 469 g/mol. The largest absolute Gasteiger partial charge is 0.428 e. The molecule has 0 amide bonds. The van der Waals surface area contributed by atoms with Crippen LogP contribution >= 0.6 is 0 Å². The van der Waals surface area contributed by atoms with Gasteiger partial charge < -0.3 is 9.47 Å². The minimum absolute atomic E-state index is 0.0876. The maximum absolute atomic E-state index is 12.9. The highest BCUT2D eigenvalue weighted by Gasteiger charge is 2.28. The SMILES string of the molecule is CCCCCCCC(=O)OCOC(=O)C(CCC)CC(CCCC)C(CCCC)CCCC. The van der Waals surface area contributed by atoms with Gasteiger partial charge in [-0.2, -0.15) is 0 Å². The molecular weight excluding hydrogens is 412 g/mol. The topological polar surface area (TPSA) is 52.6 Å².